The molecule has 4 rings (SSSR count). The molecule has 3 aliphatic rings. The smallest absolute Gasteiger partial charge is 0.349 e. The lowest BCUT2D eigenvalue weighted by Crippen LogP contribution is -2.47. The normalized spacial score (nSPS) is 21.3. The van der Waals surface area contributed by atoms with Crippen molar-refractivity contribution in [2.75, 3.05) is 38.5 Å². The first-order valence-electron chi connectivity index (χ1n) is 10.9. The van der Waals surface area contributed by atoms with Gasteiger partial charge < -0.3 is 20.7 Å². The zero-order valence-corrected chi connectivity index (χ0v) is 17.3. The van der Waals surface area contributed by atoms with Crippen molar-refractivity contribution in [1.29, 1.82) is 5.26 Å². The summed E-state index contributed by atoms with van der Waals surface area (Å²) in [6.45, 7) is 3.58. The van der Waals surface area contributed by atoms with Crippen LogP contribution in [0.5, 0.6) is 0 Å². The Bertz CT molecular complexity index is 903. The summed E-state index contributed by atoms with van der Waals surface area (Å²) in [6, 6.07) is 7.78. The second-order valence-corrected chi connectivity index (χ2v) is 8.27. The van der Waals surface area contributed by atoms with E-state index in [9.17, 15) is 10.1 Å². The fraction of sp³-hybridized carbons (Fsp3) is 0.522. The first-order valence-corrected chi connectivity index (χ1v) is 10.9. The lowest BCUT2D eigenvalue weighted by molar-refractivity contribution is -0.140. The average Bonchev–Trinajstić information content (AvgIpc) is 2.79. The van der Waals surface area contributed by atoms with Crippen LogP contribution in [0.1, 0.15) is 37.7 Å². The van der Waals surface area contributed by atoms with E-state index in [1.807, 2.05) is 18.2 Å². The van der Waals surface area contributed by atoms with Gasteiger partial charge in [-0.2, -0.15) is 5.26 Å². The lowest BCUT2D eigenvalue weighted by Gasteiger charge is -2.34. The van der Waals surface area contributed by atoms with Crippen molar-refractivity contribution in [3.8, 4) is 6.07 Å². The van der Waals surface area contributed by atoms with Crippen LogP contribution in [0.25, 0.3) is 0 Å². The summed E-state index contributed by atoms with van der Waals surface area (Å²) >= 11 is 0. The number of hydrogen-bond acceptors (Lipinski definition) is 7. The van der Waals surface area contributed by atoms with Crippen LogP contribution in [-0.2, 0) is 16.0 Å². The molecule has 0 amide bonds. The quantitative estimate of drug-likeness (QED) is 0.346. The highest BCUT2D eigenvalue weighted by Gasteiger charge is 2.30. The molecule has 7 heteroatoms. The second-order valence-electron chi connectivity index (χ2n) is 8.27. The molecule has 0 bridgehead atoms. The summed E-state index contributed by atoms with van der Waals surface area (Å²) in [5.74, 6) is 0.544. The van der Waals surface area contributed by atoms with Crippen molar-refractivity contribution in [2.45, 2.75) is 38.5 Å². The SMILES string of the molecule is N#C/C(C(=O)OCC1CCCCC1)=C1/Cc2cccc(N)c2N=C1N1CCNCC1. The number of nitrogen functional groups attached to an aromatic ring is 1. The Morgan fingerprint density at radius 1 is 1.27 bits per heavy atom. The monoisotopic (exact) mass is 407 g/mol. The van der Waals surface area contributed by atoms with Crippen LogP contribution >= 0.6 is 0 Å². The molecule has 2 fully saturated rings. The fourth-order valence-corrected chi connectivity index (χ4v) is 4.53. The maximum Gasteiger partial charge on any atom is 0.349 e. The molecule has 1 saturated heterocycles. The van der Waals surface area contributed by atoms with Crippen molar-refractivity contribution in [3.05, 3.63) is 34.9 Å². The highest BCUT2D eigenvalue weighted by atomic mass is 16.5. The molecule has 2 aliphatic heterocycles. The molecule has 1 aromatic carbocycles. The number of piperazine rings is 1. The molecular weight excluding hydrogens is 378 g/mol. The van der Waals surface area contributed by atoms with Crippen LogP contribution in [-0.4, -0.2) is 49.5 Å². The summed E-state index contributed by atoms with van der Waals surface area (Å²) in [6.07, 6.45) is 6.26. The van der Waals surface area contributed by atoms with E-state index in [-0.39, 0.29) is 5.57 Å². The van der Waals surface area contributed by atoms with Crippen LogP contribution in [0.4, 0.5) is 11.4 Å². The van der Waals surface area contributed by atoms with E-state index >= 15 is 0 Å². The number of para-hydroxylation sites is 1. The van der Waals surface area contributed by atoms with Gasteiger partial charge in [-0.25, -0.2) is 9.79 Å². The lowest BCUT2D eigenvalue weighted by atomic mass is 9.90. The van der Waals surface area contributed by atoms with Crippen molar-refractivity contribution < 1.29 is 9.53 Å². The van der Waals surface area contributed by atoms with E-state index in [2.05, 4.69) is 16.3 Å². The number of nitrogens with one attached hydrogen (secondary N) is 1. The Morgan fingerprint density at radius 2 is 2.03 bits per heavy atom. The van der Waals surface area contributed by atoms with Gasteiger partial charge in [0.15, 0.2) is 0 Å². The molecule has 1 aromatic rings. The molecule has 2 heterocycles. The van der Waals surface area contributed by atoms with Crippen molar-refractivity contribution in [3.63, 3.8) is 0 Å². The number of carbonyl (C=O) groups is 1. The number of nitriles is 1. The van der Waals surface area contributed by atoms with Gasteiger partial charge >= 0.3 is 5.97 Å². The van der Waals surface area contributed by atoms with Gasteiger partial charge in [0, 0.05) is 38.2 Å². The van der Waals surface area contributed by atoms with Crippen LogP contribution in [0.2, 0.25) is 0 Å². The first-order chi connectivity index (χ1) is 14.7. The van der Waals surface area contributed by atoms with Crippen LogP contribution < -0.4 is 11.1 Å². The molecule has 0 spiro atoms. The van der Waals surface area contributed by atoms with Gasteiger partial charge in [-0.05, 0) is 30.4 Å². The Hall–Kier alpha value is -2.85. The van der Waals surface area contributed by atoms with Crippen molar-refractivity contribution >= 4 is 23.2 Å². The van der Waals surface area contributed by atoms with Crippen LogP contribution in [0, 0.1) is 17.2 Å². The number of esters is 1. The van der Waals surface area contributed by atoms with Gasteiger partial charge in [0.05, 0.1) is 18.0 Å². The Labute approximate surface area is 177 Å². The van der Waals surface area contributed by atoms with E-state index in [0.717, 1.165) is 50.3 Å². The second kappa shape index (κ2) is 9.31. The zero-order chi connectivity index (χ0) is 20.9. The summed E-state index contributed by atoms with van der Waals surface area (Å²) < 4.78 is 5.61. The Balaban J connectivity index is 1.64. The molecule has 0 radical (unpaired) electrons. The molecule has 0 atom stereocenters. The van der Waals surface area contributed by atoms with Crippen molar-refractivity contribution in [1.82, 2.24) is 10.2 Å². The number of benzene rings is 1. The summed E-state index contributed by atoms with van der Waals surface area (Å²) in [5.41, 5.74) is 9.15. The minimum atomic E-state index is -0.534. The van der Waals surface area contributed by atoms with Crippen LogP contribution in [0.3, 0.4) is 0 Å². The Kier molecular flexibility index (Phi) is 6.34. The van der Waals surface area contributed by atoms with Crippen LogP contribution in [0.15, 0.2) is 34.3 Å². The number of amidine groups is 1. The number of aliphatic imine (C=N–C) groups is 1. The molecule has 0 aromatic heterocycles. The molecule has 7 nitrogen and oxygen atoms in total. The highest BCUT2D eigenvalue weighted by molar-refractivity contribution is 6.10. The third-order valence-electron chi connectivity index (χ3n) is 6.21. The standard InChI is InChI=1S/C23H29N5O2/c24-14-19(23(29)30-15-16-5-2-1-3-6-16)18-13-17-7-4-8-20(25)21(17)27-22(18)28-11-9-26-10-12-28/h4,7-8,16,26H,1-3,5-6,9-13,15,25H2/b19-18+. The van der Waals surface area contributed by atoms with E-state index < -0.39 is 5.97 Å². The van der Waals surface area contributed by atoms with Gasteiger partial charge in [-0.1, -0.05) is 31.4 Å². The molecule has 3 N–H and O–H groups in total. The maximum absolute atomic E-state index is 12.9. The number of carbonyl (C=O) groups excluding carboxylic acids is 1. The summed E-state index contributed by atoms with van der Waals surface area (Å²) in [4.78, 5) is 19.9. The van der Waals surface area contributed by atoms with Gasteiger partial charge in [0.25, 0.3) is 0 Å². The maximum atomic E-state index is 12.9. The van der Waals surface area contributed by atoms with E-state index in [0.29, 0.717) is 36.0 Å². The van der Waals surface area contributed by atoms with Gasteiger partial charge in [-0.15, -0.1) is 0 Å². The molecule has 30 heavy (non-hydrogen) atoms. The average molecular weight is 408 g/mol. The molecule has 1 aliphatic carbocycles. The van der Waals surface area contributed by atoms with Gasteiger partial charge in [0.1, 0.15) is 17.5 Å². The number of ether oxygens (including phenoxy) is 1. The predicted molar refractivity (Wildman–Crippen MR) is 116 cm³/mol. The Morgan fingerprint density at radius 3 is 2.77 bits per heavy atom. The summed E-state index contributed by atoms with van der Waals surface area (Å²) in [7, 11) is 0. The summed E-state index contributed by atoms with van der Waals surface area (Å²) in [5, 5.41) is 13.2. The van der Waals surface area contributed by atoms with E-state index in [1.54, 1.807) is 0 Å². The number of nitrogens with two attached hydrogens (primary N) is 1. The van der Waals surface area contributed by atoms with Crippen molar-refractivity contribution in [2.24, 2.45) is 10.9 Å². The molecule has 158 valence electrons. The largest absolute Gasteiger partial charge is 0.461 e. The molecule has 0 unspecified atom stereocenters. The van der Waals surface area contributed by atoms with E-state index in [4.69, 9.17) is 15.5 Å². The minimum Gasteiger partial charge on any atom is -0.461 e. The number of fused-ring (bicyclic) bond motifs is 1. The predicted octanol–water partition coefficient (Wildman–Crippen LogP) is 2.70. The van der Waals surface area contributed by atoms with Gasteiger partial charge in [0.2, 0.25) is 0 Å². The zero-order valence-electron chi connectivity index (χ0n) is 17.3. The number of hydrogen-bond donors (Lipinski definition) is 2. The first kappa shape index (κ1) is 20.4. The number of nitrogens with zero attached hydrogens (tertiary/aromatic N) is 3. The third-order valence-corrected chi connectivity index (χ3v) is 6.21. The molecule has 1 saturated carbocycles. The number of rotatable bonds is 3. The molecular formula is C23H29N5O2. The highest BCUT2D eigenvalue weighted by Crippen LogP contribution is 2.35. The number of anilines is 1. The minimum absolute atomic E-state index is 0.0659. The van der Waals surface area contributed by atoms with E-state index in [1.165, 1.54) is 19.3 Å². The topological polar surface area (TPSA) is 104 Å². The van der Waals surface area contributed by atoms with Gasteiger partial charge in [-0.3, -0.25) is 0 Å². The fourth-order valence-electron chi connectivity index (χ4n) is 4.53. The third kappa shape index (κ3) is 4.34.